The van der Waals surface area contributed by atoms with Gasteiger partial charge in [-0.05, 0) is 44.7 Å². The van der Waals surface area contributed by atoms with Gasteiger partial charge in [0.2, 0.25) is 15.9 Å². The molecule has 1 aromatic carbocycles. The van der Waals surface area contributed by atoms with Crippen molar-refractivity contribution in [1.82, 2.24) is 9.62 Å². The van der Waals surface area contributed by atoms with Crippen molar-refractivity contribution in [3.63, 3.8) is 0 Å². The van der Waals surface area contributed by atoms with Crippen molar-refractivity contribution in [3.05, 3.63) is 28.8 Å². The number of carbonyl (C=O) groups excluding carboxylic acids is 1. The van der Waals surface area contributed by atoms with Crippen LogP contribution in [0.25, 0.3) is 0 Å². The maximum atomic E-state index is 13.0. The van der Waals surface area contributed by atoms with Crippen LogP contribution in [0, 0.1) is 26.7 Å². The summed E-state index contributed by atoms with van der Waals surface area (Å²) in [4.78, 5) is 12.2. The van der Waals surface area contributed by atoms with E-state index in [1.165, 1.54) is 4.31 Å². The molecule has 1 aliphatic heterocycles. The van der Waals surface area contributed by atoms with Gasteiger partial charge < -0.3 is 5.32 Å². The summed E-state index contributed by atoms with van der Waals surface area (Å²) >= 11 is 0. The van der Waals surface area contributed by atoms with Crippen LogP contribution in [0.5, 0.6) is 0 Å². The molecule has 0 aromatic heterocycles. The Morgan fingerprint density at radius 1 is 1.23 bits per heavy atom. The molecular weight excluding hydrogens is 300 g/mol. The Morgan fingerprint density at radius 2 is 1.82 bits per heavy atom. The lowest BCUT2D eigenvalue weighted by Gasteiger charge is -2.31. The van der Waals surface area contributed by atoms with Gasteiger partial charge >= 0.3 is 0 Å². The minimum Gasteiger partial charge on any atom is -0.359 e. The number of nitrogens with zero attached hydrogens (tertiary/aromatic N) is 1. The van der Waals surface area contributed by atoms with Gasteiger partial charge in [-0.2, -0.15) is 4.31 Å². The Kier molecular flexibility index (Phi) is 4.92. The number of hydrogen-bond acceptors (Lipinski definition) is 3. The highest BCUT2D eigenvalue weighted by Gasteiger charge is 2.34. The summed E-state index contributed by atoms with van der Waals surface area (Å²) in [7, 11) is -1.97. The van der Waals surface area contributed by atoms with Crippen LogP contribution in [0.1, 0.15) is 29.5 Å². The molecule has 122 valence electrons. The largest absolute Gasteiger partial charge is 0.359 e. The molecule has 0 unspecified atom stereocenters. The van der Waals surface area contributed by atoms with Crippen molar-refractivity contribution in [3.8, 4) is 0 Å². The Morgan fingerprint density at radius 3 is 2.36 bits per heavy atom. The number of carbonyl (C=O) groups is 1. The monoisotopic (exact) mass is 324 g/mol. The number of aryl methyl sites for hydroxylation is 3. The minimum absolute atomic E-state index is 0.0859. The zero-order chi connectivity index (χ0) is 16.5. The van der Waals surface area contributed by atoms with Crippen LogP contribution in [0.4, 0.5) is 0 Å². The molecule has 0 bridgehead atoms. The van der Waals surface area contributed by atoms with Gasteiger partial charge in [-0.25, -0.2) is 8.42 Å². The average Bonchev–Trinajstić information content (AvgIpc) is 2.45. The van der Waals surface area contributed by atoms with Gasteiger partial charge in [-0.1, -0.05) is 17.7 Å². The molecule has 1 saturated heterocycles. The third-order valence-electron chi connectivity index (χ3n) is 4.20. The Labute approximate surface area is 132 Å². The van der Waals surface area contributed by atoms with E-state index in [1.54, 1.807) is 7.05 Å². The lowest BCUT2D eigenvalue weighted by atomic mass is 9.99. The van der Waals surface area contributed by atoms with Crippen molar-refractivity contribution in [2.24, 2.45) is 5.92 Å². The molecule has 1 atom stereocenters. The van der Waals surface area contributed by atoms with Crippen LogP contribution in [0.2, 0.25) is 0 Å². The van der Waals surface area contributed by atoms with E-state index < -0.39 is 10.0 Å². The second-order valence-corrected chi connectivity index (χ2v) is 7.92. The molecule has 5 nitrogen and oxygen atoms in total. The van der Waals surface area contributed by atoms with Crippen LogP contribution in [0.15, 0.2) is 17.0 Å². The summed E-state index contributed by atoms with van der Waals surface area (Å²) in [6.45, 7) is 6.34. The van der Waals surface area contributed by atoms with E-state index in [1.807, 2.05) is 32.9 Å². The zero-order valence-corrected chi connectivity index (χ0v) is 14.5. The van der Waals surface area contributed by atoms with Crippen LogP contribution in [-0.2, 0) is 14.8 Å². The van der Waals surface area contributed by atoms with Crippen molar-refractivity contribution in [1.29, 1.82) is 0 Å². The number of nitrogens with one attached hydrogen (secondary N) is 1. The summed E-state index contributed by atoms with van der Waals surface area (Å²) in [5, 5.41) is 2.62. The molecule has 0 spiro atoms. The van der Waals surface area contributed by atoms with E-state index in [0.29, 0.717) is 17.9 Å². The predicted octanol–water partition coefficient (Wildman–Crippen LogP) is 1.76. The third-order valence-corrected chi connectivity index (χ3v) is 6.38. The molecule has 2 rings (SSSR count). The van der Waals surface area contributed by atoms with Crippen molar-refractivity contribution < 1.29 is 13.2 Å². The van der Waals surface area contributed by atoms with E-state index in [9.17, 15) is 13.2 Å². The Balaban J connectivity index is 2.37. The topological polar surface area (TPSA) is 66.5 Å². The fraction of sp³-hybridized carbons (Fsp3) is 0.562. The van der Waals surface area contributed by atoms with Crippen molar-refractivity contribution in [2.45, 2.75) is 38.5 Å². The molecule has 1 amide bonds. The second kappa shape index (κ2) is 6.38. The average molecular weight is 324 g/mol. The quantitative estimate of drug-likeness (QED) is 0.921. The summed E-state index contributed by atoms with van der Waals surface area (Å²) in [5.74, 6) is -0.350. The number of benzene rings is 1. The van der Waals surface area contributed by atoms with E-state index in [4.69, 9.17) is 0 Å². The van der Waals surface area contributed by atoms with E-state index in [0.717, 1.165) is 23.1 Å². The summed E-state index contributed by atoms with van der Waals surface area (Å²) in [6, 6.07) is 3.78. The molecule has 1 aromatic rings. The van der Waals surface area contributed by atoms with Gasteiger partial charge in [-0.15, -0.1) is 0 Å². The van der Waals surface area contributed by atoms with Gasteiger partial charge in [0.25, 0.3) is 0 Å². The highest BCUT2D eigenvalue weighted by atomic mass is 32.2. The maximum Gasteiger partial charge on any atom is 0.243 e. The van der Waals surface area contributed by atoms with Crippen molar-refractivity contribution in [2.75, 3.05) is 20.1 Å². The minimum atomic E-state index is -3.56. The first-order valence-corrected chi connectivity index (χ1v) is 9.01. The first-order chi connectivity index (χ1) is 10.3. The Hall–Kier alpha value is -1.40. The normalized spacial score (nSPS) is 19.9. The number of sulfonamides is 1. The Bertz CT molecular complexity index is 660. The van der Waals surface area contributed by atoms with E-state index in [2.05, 4.69) is 5.32 Å². The molecule has 1 aliphatic rings. The SMILES string of the molecule is CNC(=O)[C@H]1CCCN(S(=O)(=O)c2c(C)cc(C)cc2C)C1. The zero-order valence-electron chi connectivity index (χ0n) is 13.6. The molecule has 0 radical (unpaired) electrons. The van der Waals surface area contributed by atoms with Crippen LogP contribution >= 0.6 is 0 Å². The van der Waals surface area contributed by atoms with E-state index >= 15 is 0 Å². The molecule has 0 saturated carbocycles. The molecular formula is C16H24N2O3S. The number of hydrogen-bond donors (Lipinski definition) is 1. The molecule has 22 heavy (non-hydrogen) atoms. The van der Waals surface area contributed by atoms with Gasteiger partial charge in [0, 0.05) is 20.1 Å². The fourth-order valence-electron chi connectivity index (χ4n) is 3.28. The van der Waals surface area contributed by atoms with Gasteiger partial charge in [0.15, 0.2) is 0 Å². The molecule has 6 heteroatoms. The number of rotatable bonds is 3. The van der Waals surface area contributed by atoms with Gasteiger partial charge in [0.1, 0.15) is 0 Å². The lowest BCUT2D eigenvalue weighted by molar-refractivity contribution is -0.125. The highest BCUT2D eigenvalue weighted by Crippen LogP contribution is 2.28. The van der Waals surface area contributed by atoms with E-state index in [-0.39, 0.29) is 18.4 Å². The van der Waals surface area contributed by atoms with Crippen LogP contribution < -0.4 is 5.32 Å². The molecule has 1 heterocycles. The van der Waals surface area contributed by atoms with Crippen LogP contribution in [0.3, 0.4) is 0 Å². The molecule has 0 aliphatic carbocycles. The summed E-state index contributed by atoms with van der Waals surface area (Å²) in [6.07, 6.45) is 1.44. The summed E-state index contributed by atoms with van der Waals surface area (Å²) < 4.78 is 27.4. The number of amides is 1. The second-order valence-electron chi connectivity index (χ2n) is 6.04. The molecule has 1 fully saturated rings. The predicted molar refractivity (Wildman–Crippen MR) is 86.2 cm³/mol. The first kappa shape index (κ1) is 17.0. The van der Waals surface area contributed by atoms with Gasteiger partial charge in [-0.3, -0.25) is 4.79 Å². The third kappa shape index (κ3) is 3.17. The van der Waals surface area contributed by atoms with Crippen LogP contribution in [-0.4, -0.2) is 38.8 Å². The highest BCUT2D eigenvalue weighted by molar-refractivity contribution is 7.89. The van der Waals surface area contributed by atoms with Crippen molar-refractivity contribution >= 4 is 15.9 Å². The standard InChI is InChI=1S/C16H24N2O3S/c1-11-8-12(2)15(13(3)9-11)22(20,21)18-7-5-6-14(10-18)16(19)17-4/h8-9,14H,5-7,10H2,1-4H3,(H,17,19)/t14-/m0/s1. The van der Waals surface area contributed by atoms with Gasteiger partial charge in [0.05, 0.1) is 10.8 Å². The number of piperidine rings is 1. The molecule has 1 N–H and O–H groups in total. The summed E-state index contributed by atoms with van der Waals surface area (Å²) in [5.41, 5.74) is 2.58. The first-order valence-electron chi connectivity index (χ1n) is 7.57. The maximum absolute atomic E-state index is 13.0. The smallest absolute Gasteiger partial charge is 0.243 e. The lowest BCUT2D eigenvalue weighted by Crippen LogP contribution is -2.45. The fourth-order valence-corrected chi connectivity index (χ4v) is 5.22.